The first-order valence-corrected chi connectivity index (χ1v) is 7.27. The highest BCUT2D eigenvalue weighted by molar-refractivity contribution is 7.22. The largest absolute Gasteiger partial charge is 0.336 e. The zero-order chi connectivity index (χ0) is 13.7. The number of carbonyl (C=O) groups is 1. The van der Waals surface area contributed by atoms with Crippen molar-refractivity contribution in [1.82, 2.24) is 15.3 Å². The van der Waals surface area contributed by atoms with Crippen LogP contribution in [-0.4, -0.2) is 28.6 Å². The van der Waals surface area contributed by atoms with Crippen molar-refractivity contribution >= 4 is 43.6 Å². The molecule has 0 aliphatic carbocycles. The van der Waals surface area contributed by atoms with Crippen molar-refractivity contribution in [3.05, 3.63) is 30.5 Å². The topological polar surface area (TPSA) is 58.1 Å². The quantitative estimate of drug-likeness (QED) is 0.747. The van der Waals surface area contributed by atoms with Gasteiger partial charge >= 0.3 is 6.03 Å². The first-order chi connectivity index (χ1) is 9.74. The summed E-state index contributed by atoms with van der Waals surface area (Å²) in [7, 11) is 0. The Morgan fingerprint density at radius 1 is 1.40 bits per heavy atom. The summed E-state index contributed by atoms with van der Waals surface area (Å²) < 4.78 is 1.08. The summed E-state index contributed by atoms with van der Waals surface area (Å²) in [5.41, 5.74) is 1.85. The normalized spacial score (nSPS) is 18.9. The molecule has 1 N–H and O–H groups in total. The van der Waals surface area contributed by atoms with Gasteiger partial charge in [0.05, 0.1) is 21.8 Å². The summed E-state index contributed by atoms with van der Waals surface area (Å²) in [6.07, 6.45) is 1.78. The molecule has 1 aliphatic rings. The Balaban J connectivity index is 1.94. The number of pyridine rings is 1. The molecule has 3 aromatic rings. The van der Waals surface area contributed by atoms with E-state index in [9.17, 15) is 4.79 Å². The summed E-state index contributed by atoms with van der Waals surface area (Å²) in [4.78, 5) is 22.6. The lowest BCUT2D eigenvalue weighted by atomic mass is 10.2. The lowest BCUT2D eigenvalue weighted by Gasteiger charge is -2.15. The fourth-order valence-corrected chi connectivity index (χ4v) is 3.60. The Morgan fingerprint density at radius 3 is 3.10 bits per heavy atom. The van der Waals surface area contributed by atoms with E-state index in [2.05, 4.69) is 15.3 Å². The Kier molecular flexibility index (Phi) is 2.40. The molecule has 1 aliphatic heterocycles. The molecular formula is C14H12N4OS. The second kappa shape index (κ2) is 4.14. The Labute approximate surface area is 119 Å². The number of hydrogen-bond donors (Lipinski definition) is 1. The minimum atomic E-state index is -0.0704. The average Bonchev–Trinajstić information content (AvgIpc) is 3.02. The van der Waals surface area contributed by atoms with Gasteiger partial charge in [-0.2, -0.15) is 0 Å². The molecule has 0 radical (unpaired) electrons. The molecule has 0 bridgehead atoms. The Bertz CT molecular complexity index is 828. The predicted molar refractivity (Wildman–Crippen MR) is 80.3 cm³/mol. The van der Waals surface area contributed by atoms with E-state index in [0.29, 0.717) is 6.54 Å². The zero-order valence-corrected chi connectivity index (χ0v) is 11.6. The van der Waals surface area contributed by atoms with Crippen LogP contribution < -0.4 is 10.2 Å². The van der Waals surface area contributed by atoms with Crippen LogP contribution in [0.2, 0.25) is 0 Å². The van der Waals surface area contributed by atoms with Crippen LogP contribution in [0, 0.1) is 0 Å². The van der Waals surface area contributed by atoms with E-state index in [-0.39, 0.29) is 12.1 Å². The first-order valence-electron chi connectivity index (χ1n) is 6.45. The molecule has 5 nitrogen and oxygen atoms in total. The number of thiazole rings is 1. The molecule has 20 heavy (non-hydrogen) atoms. The van der Waals surface area contributed by atoms with Crippen LogP contribution >= 0.6 is 11.3 Å². The molecule has 2 aromatic heterocycles. The molecule has 4 rings (SSSR count). The number of benzene rings is 1. The molecule has 6 heteroatoms. The van der Waals surface area contributed by atoms with Crippen molar-refractivity contribution in [3.8, 4) is 0 Å². The number of urea groups is 1. The molecule has 1 atom stereocenters. The zero-order valence-electron chi connectivity index (χ0n) is 10.8. The van der Waals surface area contributed by atoms with Crippen molar-refractivity contribution in [1.29, 1.82) is 0 Å². The SMILES string of the molecule is CC1CNC(=O)N1c1nc2c(ccc3ncccc32)s1. The monoisotopic (exact) mass is 284 g/mol. The van der Waals surface area contributed by atoms with E-state index < -0.39 is 0 Å². The lowest BCUT2D eigenvalue weighted by molar-refractivity contribution is 0.252. The highest BCUT2D eigenvalue weighted by Crippen LogP contribution is 2.34. The summed E-state index contributed by atoms with van der Waals surface area (Å²) in [6.45, 7) is 2.68. The van der Waals surface area contributed by atoms with E-state index in [1.54, 1.807) is 22.4 Å². The lowest BCUT2D eigenvalue weighted by Crippen LogP contribution is -2.32. The van der Waals surface area contributed by atoms with Gasteiger partial charge in [-0.1, -0.05) is 11.3 Å². The number of fused-ring (bicyclic) bond motifs is 3. The molecule has 1 saturated heterocycles. The molecule has 0 saturated carbocycles. The third kappa shape index (κ3) is 1.58. The number of nitrogens with zero attached hydrogens (tertiary/aromatic N) is 3. The number of nitrogens with one attached hydrogen (secondary N) is 1. The van der Waals surface area contributed by atoms with Gasteiger partial charge in [-0.05, 0) is 31.2 Å². The third-order valence-corrected chi connectivity index (χ3v) is 4.56. The predicted octanol–water partition coefficient (Wildman–Crippen LogP) is 2.76. The van der Waals surface area contributed by atoms with Crippen LogP contribution in [-0.2, 0) is 0 Å². The number of aromatic nitrogens is 2. The smallest absolute Gasteiger partial charge is 0.324 e. The molecule has 3 heterocycles. The van der Waals surface area contributed by atoms with Gasteiger partial charge < -0.3 is 5.32 Å². The van der Waals surface area contributed by atoms with Crippen molar-refractivity contribution in [2.45, 2.75) is 13.0 Å². The van der Waals surface area contributed by atoms with Crippen molar-refractivity contribution in [3.63, 3.8) is 0 Å². The molecule has 100 valence electrons. The molecule has 1 unspecified atom stereocenters. The maximum absolute atomic E-state index is 11.9. The first kappa shape index (κ1) is 11.6. The van der Waals surface area contributed by atoms with Gasteiger partial charge in [0, 0.05) is 18.1 Å². The van der Waals surface area contributed by atoms with Crippen LogP contribution in [0.3, 0.4) is 0 Å². The number of carbonyl (C=O) groups excluding carboxylic acids is 1. The molecule has 0 spiro atoms. The second-order valence-electron chi connectivity index (χ2n) is 4.88. The van der Waals surface area contributed by atoms with Gasteiger partial charge in [-0.15, -0.1) is 0 Å². The second-order valence-corrected chi connectivity index (χ2v) is 5.89. The van der Waals surface area contributed by atoms with Crippen LogP contribution in [0.25, 0.3) is 21.1 Å². The summed E-state index contributed by atoms with van der Waals surface area (Å²) in [5, 5.41) is 4.62. The summed E-state index contributed by atoms with van der Waals surface area (Å²) in [6, 6.07) is 8.00. The molecule has 1 fully saturated rings. The van der Waals surface area contributed by atoms with Crippen LogP contribution in [0.4, 0.5) is 9.93 Å². The fraction of sp³-hybridized carbons (Fsp3) is 0.214. The van der Waals surface area contributed by atoms with Gasteiger partial charge in [0.15, 0.2) is 5.13 Å². The third-order valence-electron chi connectivity index (χ3n) is 3.54. The average molecular weight is 284 g/mol. The van der Waals surface area contributed by atoms with Gasteiger partial charge in [-0.25, -0.2) is 9.78 Å². The molecule has 1 aromatic carbocycles. The Morgan fingerprint density at radius 2 is 2.30 bits per heavy atom. The fourth-order valence-electron chi connectivity index (χ4n) is 2.52. The van der Waals surface area contributed by atoms with E-state index in [1.165, 1.54) is 0 Å². The molecular weight excluding hydrogens is 272 g/mol. The van der Waals surface area contributed by atoms with E-state index >= 15 is 0 Å². The Hall–Kier alpha value is -2.21. The minimum Gasteiger partial charge on any atom is -0.336 e. The van der Waals surface area contributed by atoms with Gasteiger partial charge in [0.2, 0.25) is 0 Å². The summed E-state index contributed by atoms with van der Waals surface area (Å²) >= 11 is 1.54. The maximum atomic E-state index is 11.9. The highest BCUT2D eigenvalue weighted by Gasteiger charge is 2.31. The number of hydrogen-bond acceptors (Lipinski definition) is 4. The van der Waals surface area contributed by atoms with Crippen LogP contribution in [0.1, 0.15) is 6.92 Å². The van der Waals surface area contributed by atoms with Crippen LogP contribution in [0.15, 0.2) is 30.5 Å². The summed E-state index contributed by atoms with van der Waals surface area (Å²) in [5.74, 6) is 0. The van der Waals surface area contributed by atoms with Crippen molar-refractivity contribution in [2.24, 2.45) is 0 Å². The minimum absolute atomic E-state index is 0.0704. The maximum Gasteiger partial charge on any atom is 0.324 e. The van der Waals surface area contributed by atoms with Gasteiger partial charge in [-0.3, -0.25) is 9.88 Å². The number of anilines is 1. The van der Waals surface area contributed by atoms with E-state index in [0.717, 1.165) is 26.3 Å². The van der Waals surface area contributed by atoms with Gasteiger partial charge in [0.1, 0.15) is 0 Å². The number of rotatable bonds is 1. The molecule has 2 amide bonds. The van der Waals surface area contributed by atoms with E-state index in [4.69, 9.17) is 0 Å². The van der Waals surface area contributed by atoms with Crippen LogP contribution in [0.5, 0.6) is 0 Å². The highest BCUT2D eigenvalue weighted by atomic mass is 32.1. The van der Waals surface area contributed by atoms with Crippen molar-refractivity contribution < 1.29 is 4.79 Å². The van der Waals surface area contributed by atoms with E-state index in [1.807, 2.05) is 31.2 Å². The van der Waals surface area contributed by atoms with Gasteiger partial charge in [0.25, 0.3) is 0 Å². The standard InChI is InChI=1S/C14H12N4OS/c1-8-7-16-13(19)18(8)14-17-12-9-3-2-6-15-10(9)4-5-11(12)20-14/h2-6,8H,7H2,1H3,(H,16,19). The van der Waals surface area contributed by atoms with Crippen molar-refractivity contribution in [2.75, 3.05) is 11.4 Å². The number of amides is 2.